The van der Waals surface area contributed by atoms with E-state index < -0.39 is 0 Å². The Morgan fingerprint density at radius 2 is 2.09 bits per heavy atom. The molecule has 1 aromatic heterocycles. The minimum Gasteiger partial charge on any atom is -0.357 e. The van der Waals surface area contributed by atoms with Crippen molar-refractivity contribution in [1.29, 1.82) is 0 Å². The number of benzene rings is 1. The third kappa shape index (κ3) is 5.36. The molecule has 124 valence electrons. The number of aromatic nitrogens is 1. The molecule has 0 amide bonds. The van der Waals surface area contributed by atoms with Gasteiger partial charge in [-0.2, -0.15) is 0 Å². The lowest BCUT2D eigenvalue weighted by atomic mass is 10.0. The van der Waals surface area contributed by atoms with Gasteiger partial charge in [-0.1, -0.05) is 37.3 Å². The van der Waals surface area contributed by atoms with Gasteiger partial charge < -0.3 is 10.2 Å². The number of aryl methyl sites for hydroxylation is 1. The molecule has 0 saturated carbocycles. The number of guanidine groups is 1. The Morgan fingerprint density at radius 1 is 1.35 bits per heavy atom. The molecule has 0 radical (unpaired) electrons. The maximum atomic E-state index is 4.80. The van der Waals surface area contributed by atoms with Gasteiger partial charge in [-0.3, -0.25) is 4.99 Å². The average molecular weight is 331 g/mol. The maximum absolute atomic E-state index is 4.80. The van der Waals surface area contributed by atoms with Crippen LogP contribution in [-0.4, -0.2) is 36.0 Å². The van der Waals surface area contributed by atoms with Gasteiger partial charge in [0.15, 0.2) is 5.96 Å². The van der Waals surface area contributed by atoms with Crippen molar-refractivity contribution in [2.24, 2.45) is 4.99 Å². The molecule has 0 fully saturated rings. The van der Waals surface area contributed by atoms with Crippen LogP contribution in [-0.2, 0) is 6.54 Å². The summed E-state index contributed by atoms with van der Waals surface area (Å²) in [4.78, 5) is 11.5. The molecule has 0 aliphatic heterocycles. The Hall–Kier alpha value is -1.88. The lowest BCUT2D eigenvalue weighted by Crippen LogP contribution is -2.38. The Kier molecular flexibility index (Phi) is 6.59. The highest BCUT2D eigenvalue weighted by Crippen LogP contribution is 2.15. The summed E-state index contributed by atoms with van der Waals surface area (Å²) in [7, 11) is 2.06. The number of hydrogen-bond acceptors (Lipinski definition) is 3. The molecule has 1 unspecified atom stereocenters. The van der Waals surface area contributed by atoms with E-state index >= 15 is 0 Å². The summed E-state index contributed by atoms with van der Waals surface area (Å²) in [5.41, 5.74) is 2.42. The fourth-order valence-electron chi connectivity index (χ4n) is 2.38. The zero-order valence-electron chi connectivity index (χ0n) is 14.4. The molecule has 0 bridgehead atoms. The number of hydrogen-bond donors (Lipinski definition) is 1. The molecule has 4 nitrogen and oxygen atoms in total. The number of nitrogens with zero attached hydrogens (tertiary/aromatic N) is 3. The smallest absolute Gasteiger partial charge is 0.194 e. The molecule has 1 N–H and O–H groups in total. The lowest BCUT2D eigenvalue weighted by Gasteiger charge is -2.22. The fraction of sp³-hybridized carbons (Fsp3) is 0.444. The van der Waals surface area contributed by atoms with Crippen molar-refractivity contribution in [2.45, 2.75) is 33.2 Å². The van der Waals surface area contributed by atoms with E-state index in [0.717, 1.165) is 36.3 Å². The van der Waals surface area contributed by atoms with Gasteiger partial charge in [0.2, 0.25) is 0 Å². The van der Waals surface area contributed by atoms with Gasteiger partial charge in [0.25, 0.3) is 0 Å². The monoisotopic (exact) mass is 330 g/mol. The van der Waals surface area contributed by atoms with E-state index in [1.165, 1.54) is 5.56 Å². The molecule has 0 aliphatic carbocycles. The van der Waals surface area contributed by atoms with E-state index in [0.29, 0.717) is 5.92 Å². The first-order valence-electron chi connectivity index (χ1n) is 8.05. The topological polar surface area (TPSA) is 40.5 Å². The normalized spacial score (nSPS) is 13.0. The van der Waals surface area contributed by atoms with Crippen molar-refractivity contribution in [3.8, 4) is 0 Å². The van der Waals surface area contributed by atoms with E-state index in [9.17, 15) is 0 Å². The second-order valence-electron chi connectivity index (χ2n) is 5.72. The van der Waals surface area contributed by atoms with Crippen LogP contribution in [0.4, 0.5) is 0 Å². The van der Waals surface area contributed by atoms with Gasteiger partial charge in [-0.25, -0.2) is 4.98 Å². The Labute approximate surface area is 143 Å². The van der Waals surface area contributed by atoms with Crippen LogP contribution in [0.3, 0.4) is 0 Å². The number of nitrogens with one attached hydrogen (secondary N) is 1. The maximum Gasteiger partial charge on any atom is 0.194 e. The third-order valence-corrected chi connectivity index (χ3v) is 4.47. The Bertz CT molecular complexity index is 621. The highest BCUT2D eigenvalue weighted by molar-refractivity contribution is 7.09. The van der Waals surface area contributed by atoms with Crippen LogP contribution in [0.5, 0.6) is 0 Å². The minimum absolute atomic E-state index is 0.403. The second-order valence-corrected chi connectivity index (χ2v) is 6.78. The van der Waals surface area contributed by atoms with Crippen LogP contribution in [0.25, 0.3) is 0 Å². The summed E-state index contributed by atoms with van der Waals surface area (Å²) in [5.74, 6) is 1.33. The number of aliphatic imine (C=N–C) groups is 1. The largest absolute Gasteiger partial charge is 0.357 e. The molecule has 5 heteroatoms. The molecule has 2 aromatic rings. The van der Waals surface area contributed by atoms with Crippen molar-refractivity contribution < 1.29 is 0 Å². The number of rotatable bonds is 6. The van der Waals surface area contributed by atoms with Crippen molar-refractivity contribution in [1.82, 2.24) is 15.2 Å². The van der Waals surface area contributed by atoms with Crippen LogP contribution in [0.2, 0.25) is 0 Å². The van der Waals surface area contributed by atoms with Gasteiger partial charge in [0, 0.05) is 31.4 Å². The van der Waals surface area contributed by atoms with Crippen LogP contribution in [0.15, 0.2) is 40.7 Å². The predicted molar refractivity (Wildman–Crippen MR) is 99.2 cm³/mol. The van der Waals surface area contributed by atoms with E-state index in [4.69, 9.17) is 4.99 Å². The fourth-order valence-corrected chi connectivity index (χ4v) is 2.98. The zero-order chi connectivity index (χ0) is 16.7. The second kappa shape index (κ2) is 8.67. The van der Waals surface area contributed by atoms with Gasteiger partial charge >= 0.3 is 0 Å². The van der Waals surface area contributed by atoms with Crippen LogP contribution in [0.1, 0.15) is 36.0 Å². The van der Waals surface area contributed by atoms with Gasteiger partial charge in [-0.05, 0) is 19.4 Å². The quantitative estimate of drug-likeness (QED) is 0.649. The van der Waals surface area contributed by atoms with Crippen molar-refractivity contribution in [3.05, 3.63) is 52.0 Å². The average Bonchev–Trinajstić information content (AvgIpc) is 2.96. The SMILES string of the molecule is CCNC(=NCC(C)c1ccccc1)N(C)Cc1csc(C)n1. The molecular weight excluding hydrogens is 304 g/mol. The first kappa shape index (κ1) is 17.5. The Morgan fingerprint density at radius 3 is 2.70 bits per heavy atom. The zero-order valence-corrected chi connectivity index (χ0v) is 15.2. The van der Waals surface area contributed by atoms with E-state index in [1.807, 2.05) is 13.0 Å². The van der Waals surface area contributed by atoms with E-state index in [1.54, 1.807) is 11.3 Å². The van der Waals surface area contributed by atoms with E-state index in [2.05, 4.69) is 65.7 Å². The van der Waals surface area contributed by atoms with Crippen molar-refractivity contribution in [2.75, 3.05) is 20.1 Å². The molecular formula is C18H26N4S. The van der Waals surface area contributed by atoms with E-state index in [-0.39, 0.29) is 0 Å². The predicted octanol–water partition coefficient (Wildman–Crippen LogP) is 3.65. The number of thiazole rings is 1. The van der Waals surface area contributed by atoms with Crippen LogP contribution < -0.4 is 5.32 Å². The molecule has 23 heavy (non-hydrogen) atoms. The first-order valence-corrected chi connectivity index (χ1v) is 8.93. The highest BCUT2D eigenvalue weighted by Gasteiger charge is 2.10. The summed E-state index contributed by atoms with van der Waals surface area (Å²) in [5, 5.41) is 6.59. The van der Waals surface area contributed by atoms with Gasteiger partial charge in [-0.15, -0.1) is 11.3 Å². The van der Waals surface area contributed by atoms with Crippen LogP contribution in [0, 0.1) is 6.92 Å². The molecule has 1 aromatic carbocycles. The first-order chi connectivity index (χ1) is 11.1. The molecule has 0 aliphatic rings. The van der Waals surface area contributed by atoms with Gasteiger partial charge in [0.05, 0.1) is 17.2 Å². The standard InChI is InChI=1S/C18H26N4S/c1-5-19-18(22(4)12-17-13-23-15(3)21-17)20-11-14(2)16-9-7-6-8-10-16/h6-10,13-14H,5,11-12H2,1-4H3,(H,19,20). The van der Waals surface area contributed by atoms with Crippen molar-refractivity contribution in [3.63, 3.8) is 0 Å². The summed E-state index contributed by atoms with van der Waals surface area (Å²) in [6, 6.07) is 10.5. The highest BCUT2D eigenvalue weighted by atomic mass is 32.1. The van der Waals surface area contributed by atoms with Crippen molar-refractivity contribution >= 4 is 17.3 Å². The summed E-state index contributed by atoms with van der Waals surface area (Å²) in [6.07, 6.45) is 0. The molecule has 1 atom stereocenters. The summed E-state index contributed by atoms with van der Waals surface area (Å²) >= 11 is 1.69. The minimum atomic E-state index is 0.403. The van der Waals surface area contributed by atoms with Crippen LogP contribution >= 0.6 is 11.3 Å². The lowest BCUT2D eigenvalue weighted by molar-refractivity contribution is 0.470. The molecule has 0 saturated heterocycles. The molecule has 1 heterocycles. The summed E-state index contributed by atoms with van der Waals surface area (Å²) in [6.45, 7) is 8.75. The molecule has 0 spiro atoms. The Balaban J connectivity index is 2.01. The third-order valence-electron chi connectivity index (χ3n) is 3.65. The van der Waals surface area contributed by atoms with Gasteiger partial charge in [0.1, 0.15) is 0 Å². The molecule has 2 rings (SSSR count). The summed E-state index contributed by atoms with van der Waals surface area (Å²) < 4.78 is 0.